The predicted octanol–water partition coefficient (Wildman–Crippen LogP) is 3.44. The molecule has 108 valence electrons. The first kappa shape index (κ1) is 14.5. The largest absolute Gasteiger partial charge is 0.494 e. The minimum absolute atomic E-state index is 0.0243. The summed E-state index contributed by atoms with van der Waals surface area (Å²) < 4.78 is 5.35. The summed E-state index contributed by atoms with van der Waals surface area (Å²) in [5, 5.41) is 14.7. The Labute approximate surface area is 122 Å². The molecule has 0 amide bonds. The third kappa shape index (κ3) is 4.31. The van der Waals surface area contributed by atoms with Crippen LogP contribution in [0.3, 0.4) is 0 Å². The topological polar surface area (TPSA) is 76.8 Å². The van der Waals surface area contributed by atoms with Gasteiger partial charge in [-0.25, -0.2) is 0 Å². The van der Waals surface area contributed by atoms with Gasteiger partial charge in [-0.15, -0.1) is 0 Å². The fourth-order valence-corrected chi connectivity index (χ4v) is 1.69. The van der Waals surface area contributed by atoms with Gasteiger partial charge in [0.25, 0.3) is 5.69 Å². The van der Waals surface area contributed by atoms with Gasteiger partial charge in [0.05, 0.1) is 23.4 Å². The van der Waals surface area contributed by atoms with Crippen molar-refractivity contribution in [1.29, 1.82) is 0 Å². The Balaban J connectivity index is 1.98. The predicted molar refractivity (Wildman–Crippen MR) is 81.9 cm³/mol. The molecule has 0 saturated heterocycles. The Morgan fingerprint density at radius 1 is 1.29 bits per heavy atom. The van der Waals surface area contributed by atoms with Crippen molar-refractivity contribution < 1.29 is 9.66 Å². The average molecular weight is 285 g/mol. The summed E-state index contributed by atoms with van der Waals surface area (Å²) in [5.74, 6) is 0.807. The average Bonchev–Trinajstić information content (AvgIpc) is 2.50. The zero-order chi connectivity index (χ0) is 15.1. The molecule has 2 aromatic rings. The first-order valence-corrected chi connectivity index (χ1v) is 6.45. The van der Waals surface area contributed by atoms with Crippen LogP contribution in [0.5, 0.6) is 5.75 Å². The fourth-order valence-electron chi connectivity index (χ4n) is 1.69. The summed E-state index contributed by atoms with van der Waals surface area (Å²) in [7, 11) is 0. The van der Waals surface area contributed by atoms with E-state index in [0.717, 1.165) is 11.3 Å². The highest BCUT2D eigenvalue weighted by Gasteiger charge is 2.04. The lowest BCUT2D eigenvalue weighted by Gasteiger charge is -2.02. The standard InChI is InChI=1S/C15H15N3O3/c1-2-21-15-8-6-12(7-9-15)11-16-17-13-4-3-5-14(10-13)18(19)20/h3-11,17H,2H2,1H3. The normalized spacial score (nSPS) is 10.5. The Morgan fingerprint density at radius 2 is 2.05 bits per heavy atom. The molecule has 6 nitrogen and oxygen atoms in total. The van der Waals surface area contributed by atoms with Crippen LogP contribution in [-0.4, -0.2) is 17.7 Å². The quantitative estimate of drug-likeness (QED) is 0.501. The highest BCUT2D eigenvalue weighted by atomic mass is 16.6. The van der Waals surface area contributed by atoms with Crippen molar-refractivity contribution >= 4 is 17.6 Å². The van der Waals surface area contributed by atoms with Crippen molar-refractivity contribution in [2.24, 2.45) is 5.10 Å². The van der Waals surface area contributed by atoms with E-state index in [1.54, 1.807) is 18.3 Å². The van der Waals surface area contributed by atoms with Gasteiger partial charge in [-0.2, -0.15) is 5.10 Å². The lowest BCUT2D eigenvalue weighted by Crippen LogP contribution is -1.94. The van der Waals surface area contributed by atoms with Crippen LogP contribution in [0.4, 0.5) is 11.4 Å². The fraction of sp³-hybridized carbons (Fsp3) is 0.133. The van der Waals surface area contributed by atoms with Gasteiger partial charge in [0.15, 0.2) is 0 Å². The number of non-ortho nitro benzene ring substituents is 1. The van der Waals surface area contributed by atoms with E-state index in [-0.39, 0.29) is 5.69 Å². The molecule has 0 aromatic heterocycles. The molecule has 0 saturated carbocycles. The number of hydrogen-bond donors (Lipinski definition) is 1. The van der Waals surface area contributed by atoms with Crippen molar-refractivity contribution in [3.05, 3.63) is 64.2 Å². The molecular formula is C15H15N3O3. The zero-order valence-electron chi connectivity index (χ0n) is 11.5. The van der Waals surface area contributed by atoms with E-state index in [0.29, 0.717) is 12.3 Å². The van der Waals surface area contributed by atoms with E-state index in [9.17, 15) is 10.1 Å². The number of anilines is 1. The van der Waals surface area contributed by atoms with Crippen molar-refractivity contribution in [3.8, 4) is 5.75 Å². The Kier molecular flexibility index (Phi) is 4.87. The van der Waals surface area contributed by atoms with Crippen LogP contribution in [0.2, 0.25) is 0 Å². The number of benzene rings is 2. The number of nitro benzene ring substituents is 1. The number of hydrogen-bond acceptors (Lipinski definition) is 5. The Bertz CT molecular complexity index is 639. The smallest absolute Gasteiger partial charge is 0.271 e. The maximum Gasteiger partial charge on any atom is 0.271 e. The minimum atomic E-state index is -0.443. The van der Waals surface area contributed by atoms with Crippen LogP contribution in [-0.2, 0) is 0 Å². The van der Waals surface area contributed by atoms with Crippen LogP contribution in [0, 0.1) is 10.1 Å². The van der Waals surface area contributed by atoms with Gasteiger partial charge in [-0.1, -0.05) is 6.07 Å². The third-order valence-corrected chi connectivity index (χ3v) is 2.66. The van der Waals surface area contributed by atoms with Crippen LogP contribution in [0.15, 0.2) is 53.6 Å². The third-order valence-electron chi connectivity index (χ3n) is 2.66. The number of ether oxygens (including phenoxy) is 1. The molecule has 0 aliphatic carbocycles. The zero-order valence-corrected chi connectivity index (χ0v) is 11.5. The van der Waals surface area contributed by atoms with Gasteiger partial charge in [0.2, 0.25) is 0 Å². The number of rotatable bonds is 6. The van der Waals surface area contributed by atoms with Gasteiger partial charge < -0.3 is 4.74 Å². The molecule has 0 spiro atoms. The lowest BCUT2D eigenvalue weighted by atomic mass is 10.2. The molecule has 0 bridgehead atoms. The SMILES string of the molecule is CCOc1ccc(C=NNc2cccc([N+](=O)[O-])c2)cc1. The molecule has 0 heterocycles. The van der Waals surface area contributed by atoms with Crippen molar-refractivity contribution in [2.75, 3.05) is 12.0 Å². The highest BCUT2D eigenvalue weighted by Crippen LogP contribution is 2.17. The molecule has 0 aliphatic heterocycles. The van der Waals surface area contributed by atoms with E-state index in [2.05, 4.69) is 10.5 Å². The molecule has 0 unspecified atom stereocenters. The molecule has 6 heteroatoms. The maximum absolute atomic E-state index is 10.7. The van der Waals surface area contributed by atoms with Gasteiger partial charge in [-0.05, 0) is 42.8 Å². The molecule has 0 radical (unpaired) electrons. The molecule has 0 aliphatic rings. The first-order valence-electron chi connectivity index (χ1n) is 6.45. The van der Waals surface area contributed by atoms with Crippen LogP contribution < -0.4 is 10.2 Å². The van der Waals surface area contributed by atoms with Crippen LogP contribution in [0.25, 0.3) is 0 Å². The number of nitrogens with zero attached hydrogens (tertiary/aromatic N) is 2. The van der Waals surface area contributed by atoms with Gasteiger partial charge in [0, 0.05) is 12.1 Å². The summed E-state index contributed by atoms with van der Waals surface area (Å²) in [6.07, 6.45) is 1.63. The van der Waals surface area contributed by atoms with E-state index in [1.807, 2.05) is 31.2 Å². The number of nitrogens with one attached hydrogen (secondary N) is 1. The van der Waals surface area contributed by atoms with Crippen molar-refractivity contribution in [2.45, 2.75) is 6.92 Å². The van der Waals surface area contributed by atoms with E-state index in [4.69, 9.17) is 4.74 Å². The second-order valence-corrected chi connectivity index (χ2v) is 4.18. The molecule has 2 rings (SSSR count). The summed E-state index contributed by atoms with van der Waals surface area (Å²) in [4.78, 5) is 10.2. The molecule has 21 heavy (non-hydrogen) atoms. The summed E-state index contributed by atoms with van der Waals surface area (Å²) in [5.41, 5.74) is 4.25. The second kappa shape index (κ2) is 7.04. The van der Waals surface area contributed by atoms with Crippen molar-refractivity contribution in [1.82, 2.24) is 0 Å². The Morgan fingerprint density at radius 3 is 2.71 bits per heavy atom. The summed E-state index contributed by atoms with van der Waals surface area (Å²) in [6, 6.07) is 13.6. The highest BCUT2D eigenvalue weighted by molar-refractivity contribution is 5.80. The molecule has 0 fully saturated rings. The van der Waals surface area contributed by atoms with E-state index >= 15 is 0 Å². The second-order valence-electron chi connectivity index (χ2n) is 4.18. The van der Waals surface area contributed by atoms with E-state index < -0.39 is 4.92 Å². The summed E-state index contributed by atoms with van der Waals surface area (Å²) >= 11 is 0. The Hall–Kier alpha value is -2.89. The number of nitro groups is 1. The summed E-state index contributed by atoms with van der Waals surface area (Å²) in [6.45, 7) is 2.56. The van der Waals surface area contributed by atoms with E-state index in [1.165, 1.54) is 12.1 Å². The van der Waals surface area contributed by atoms with Crippen molar-refractivity contribution in [3.63, 3.8) is 0 Å². The molecule has 0 atom stereocenters. The van der Waals surface area contributed by atoms with Gasteiger partial charge in [-0.3, -0.25) is 15.5 Å². The number of hydrazone groups is 1. The van der Waals surface area contributed by atoms with Gasteiger partial charge in [0.1, 0.15) is 5.75 Å². The monoisotopic (exact) mass is 285 g/mol. The van der Waals surface area contributed by atoms with Gasteiger partial charge >= 0.3 is 0 Å². The molecular weight excluding hydrogens is 270 g/mol. The maximum atomic E-state index is 10.7. The molecule has 1 N–H and O–H groups in total. The minimum Gasteiger partial charge on any atom is -0.494 e. The van der Waals surface area contributed by atoms with Crippen LogP contribution in [0.1, 0.15) is 12.5 Å². The molecule has 2 aromatic carbocycles. The first-order chi connectivity index (χ1) is 10.2. The lowest BCUT2D eigenvalue weighted by molar-refractivity contribution is -0.384. The van der Waals surface area contributed by atoms with Crippen LogP contribution >= 0.6 is 0 Å².